The molecular formula is C20H31N5O2. The van der Waals surface area contributed by atoms with Crippen LogP contribution in [0.1, 0.15) is 38.3 Å². The van der Waals surface area contributed by atoms with Crippen molar-refractivity contribution >= 4 is 11.9 Å². The van der Waals surface area contributed by atoms with Crippen LogP contribution in [0.25, 0.3) is 0 Å². The maximum atomic E-state index is 13.2. The Hall–Kier alpha value is -2.15. The van der Waals surface area contributed by atoms with Gasteiger partial charge in [0.15, 0.2) is 0 Å². The first kappa shape index (κ1) is 19.6. The maximum Gasteiger partial charge on any atom is 0.319 e. The predicted octanol–water partition coefficient (Wildman–Crippen LogP) is 1.73. The van der Waals surface area contributed by atoms with Crippen molar-refractivity contribution in [2.45, 2.75) is 32.7 Å². The molecule has 7 heteroatoms. The molecule has 2 fully saturated rings. The summed E-state index contributed by atoms with van der Waals surface area (Å²) in [6.07, 6.45) is 5.10. The first-order valence-corrected chi connectivity index (χ1v) is 10.1. The molecule has 1 atom stereocenters. The number of piperazine rings is 1. The highest BCUT2D eigenvalue weighted by atomic mass is 16.2. The molecule has 3 rings (SSSR count). The second kappa shape index (κ2) is 9.17. The molecule has 0 spiro atoms. The Morgan fingerprint density at radius 2 is 1.96 bits per heavy atom. The number of likely N-dealkylation sites (tertiary alicyclic amines) is 1. The fourth-order valence-electron chi connectivity index (χ4n) is 4.09. The molecule has 3 heterocycles. The number of amides is 3. The van der Waals surface area contributed by atoms with Crippen LogP contribution in [0.15, 0.2) is 24.5 Å². The molecule has 1 aromatic heterocycles. The number of rotatable bonds is 4. The summed E-state index contributed by atoms with van der Waals surface area (Å²) in [4.78, 5) is 35.7. The van der Waals surface area contributed by atoms with E-state index in [1.165, 1.54) is 0 Å². The molecule has 3 amide bonds. The van der Waals surface area contributed by atoms with Gasteiger partial charge in [0.05, 0.1) is 6.04 Å². The van der Waals surface area contributed by atoms with Crippen molar-refractivity contribution in [2.75, 3.05) is 45.8 Å². The summed E-state index contributed by atoms with van der Waals surface area (Å²) in [7, 11) is 0. The zero-order valence-electron chi connectivity index (χ0n) is 16.4. The van der Waals surface area contributed by atoms with Crippen molar-refractivity contribution in [1.29, 1.82) is 0 Å². The summed E-state index contributed by atoms with van der Waals surface area (Å²) in [6.45, 7) is 9.07. The molecule has 2 aliphatic heterocycles. The van der Waals surface area contributed by atoms with Crippen molar-refractivity contribution in [3.8, 4) is 0 Å². The van der Waals surface area contributed by atoms with Gasteiger partial charge in [0.2, 0.25) is 5.91 Å². The predicted molar refractivity (Wildman–Crippen MR) is 104 cm³/mol. The molecule has 0 bridgehead atoms. The van der Waals surface area contributed by atoms with Crippen LogP contribution in [0.2, 0.25) is 0 Å². The van der Waals surface area contributed by atoms with Crippen molar-refractivity contribution in [3.05, 3.63) is 30.1 Å². The minimum atomic E-state index is 0.00280. The Balaban J connectivity index is 1.62. The van der Waals surface area contributed by atoms with Gasteiger partial charge in [-0.1, -0.05) is 6.07 Å². The fraction of sp³-hybridized carbons (Fsp3) is 0.650. The fourth-order valence-corrected chi connectivity index (χ4v) is 4.09. The van der Waals surface area contributed by atoms with Crippen molar-refractivity contribution in [2.24, 2.45) is 5.92 Å². The van der Waals surface area contributed by atoms with Gasteiger partial charge in [-0.2, -0.15) is 0 Å². The van der Waals surface area contributed by atoms with Crippen LogP contribution in [0.4, 0.5) is 4.79 Å². The zero-order valence-corrected chi connectivity index (χ0v) is 16.4. The molecule has 0 radical (unpaired) electrons. The third-order valence-electron chi connectivity index (χ3n) is 5.74. The van der Waals surface area contributed by atoms with Crippen molar-refractivity contribution in [1.82, 2.24) is 25.0 Å². The maximum absolute atomic E-state index is 13.2. The minimum Gasteiger partial charge on any atom is -0.333 e. The van der Waals surface area contributed by atoms with Crippen molar-refractivity contribution in [3.63, 3.8) is 0 Å². The molecule has 0 saturated carbocycles. The van der Waals surface area contributed by atoms with Gasteiger partial charge >= 0.3 is 6.03 Å². The second-order valence-corrected chi connectivity index (χ2v) is 7.25. The highest BCUT2D eigenvalue weighted by Gasteiger charge is 2.35. The highest BCUT2D eigenvalue weighted by Crippen LogP contribution is 2.27. The zero-order chi connectivity index (χ0) is 19.2. The van der Waals surface area contributed by atoms with Gasteiger partial charge < -0.3 is 20.0 Å². The molecule has 1 N–H and O–H groups in total. The van der Waals surface area contributed by atoms with E-state index in [4.69, 9.17) is 0 Å². The van der Waals surface area contributed by atoms with E-state index in [1.807, 2.05) is 46.9 Å². The molecule has 2 saturated heterocycles. The van der Waals surface area contributed by atoms with Crippen LogP contribution in [-0.4, -0.2) is 77.4 Å². The first-order valence-electron chi connectivity index (χ1n) is 10.1. The number of carbonyl (C=O) groups excluding carboxylic acids is 2. The van der Waals surface area contributed by atoms with Gasteiger partial charge in [-0.05, 0) is 38.3 Å². The normalized spacial score (nSPS) is 21.2. The summed E-state index contributed by atoms with van der Waals surface area (Å²) >= 11 is 0. The number of piperidine rings is 1. The lowest BCUT2D eigenvalue weighted by Crippen LogP contribution is -2.53. The molecule has 0 aliphatic carbocycles. The quantitative estimate of drug-likeness (QED) is 0.873. The number of nitrogens with one attached hydrogen (secondary N) is 1. The lowest BCUT2D eigenvalue weighted by Gasteiger charge is -2.41. The molecule has 2 aliphatic rings. The van der Waals surface area contributed by atoms with Crippen LogP contribution in [0.5, 0.6) is 0 Å². The smallest absolute Gasteiger partial charge is 0.319 e. The summed E-state index contributed by atoms with van der Waals surface area (Å²) in [5.41, 5.74) is 1.08. The van der Waals surface area contributed by atoms with Crippen LogP contribution < -0.4 is 5.32 Å². The first-order chi connectivity index (χ1) is 13.2. The number of carbonyl (C=O) groups is 2. The molecule has 27 heavy (non-hydrogen) atoms. The minimum absolute atomic E-state index is 0.00280. The number of urea groups is 1. The number of hydrogen-bond donors (Lipinski definition) is 1. The van der Waals surface area contributed by atoms with Crippen LogP contribution in [0, 0.1) is 5.92 Å². The molecular weight excluding hydrogens is 342 g/mol. The third kappa shape index (κ3) is 4.40. The van der Waals surface area contributed by atoms with Crippen LogP contribution >= 0.6 is 0 Å². The molecule has 1 unspecified atom stereocenters. The Bertz CT molecular complexity index is 627. The Morgan fingerprint density at radius 1 is 1.22 bits per heavy atom. The summed E-state index contributed by atoms with van der Waals surface area (Å²) in [6, 6.07) is 4.09. The Morgan fingerprint density at radius 3 is 2.59 bits per heavy atom. The van der Waals surface area contributed by atoms with E-state index in [0.29, 0.717) is 13.1 Å². The molecule has 0 aromatic carbocycles. The van der Waals surface area contributed by atoms with E-state index in [9.17, 15) is 9.59 Å². The lowest BCUT2D eigenvalue weighted by atomic mass is 9.93. The molecule has 148 valence electrons. The van der Waals surface area contributed by atoms with Gasteiger partial charge in [0.1, 0.15) is 0 Å². The topological polar surface area (TPSA) is 68.8 Å². The van der Waals surface area contributed by atoms with Gasteiger partial charge in [-0.25, -0.2) is 4.79 Å². The van der Waals surface area contributed by atoms with Crippen molar-refractivity contribution < 1.29 is 9.59 Å². The Kier molecular flexibility index (Phi) is 6.66. The summed E-state index contributed by atoms with van der Waals surface area (Å²) < 4.78 is 0. The van der Waals surface area contributed by atoms with E-state index < -0.39 is 0 Å². The van der Waals surface area contributed by atoms with Gasteiger partial charge in [-0.15, -0.1) is 0 Å². The lowest BCUT2D eigenvalue weighted by molar-refractivity contribution is -0.140. The van der Waals surface area contributed by atoms with E-state index in [1.54, 1.807) is 6.20 Å². The monoisotopic (exact) mass is 373 g/mol. The number of aromatic nitrogens is 1. The van der Waals surface area contributed by atoms with E-state index in [2.05, 4.69) is 10.3 Å². The molecule has 1 aromatic rings. The van der Waals surface area contributed by atoms with E-state index in [-0.39, 0.29) is 23.9 Å². The molecule has 7 nitrogen and oxygen atoms in total. The second-order valence-electron chi connectivity index (χ2n) is 7.25. The van der Waals surface area contributed by atoms with Crippen LogP contribution in [0.3, 0.4) is 0 Å². The summed E-state index contributed by atoms with van der Waals surface area (Å²) in [5.74, 6) is 0.225. The van der Waals surface area contributed by atoms with Gasteiger partial charge in [-0.3, -0.25) is 9.78 Å². The van der Waals surface area contributed by atoms with E-state index >= 15 is 0 Å². The SMILES string of the molecule is CCN(CC)C(=O)N1CCC(C(=O)N2CCNCC2c2cccnc2)CC1. The number of pyridine rings is 1. The number of nitrogens with zero attached hydrogens (tertiary/aromatic N) is 4. The van der Waals surface area contributed by atoms with Crippen LogP contribution in [-0.2, 0) is 4.79 Å². The largest absolute Gasteiger partial charge is 0.333 e. The Labute approximate surface area is 161 Å². The van der Waals surface area contributed by atoms with Gasteiger partial charge in [0, 0.05) is 64.1 Å². The summed E-state index contributed by atoms with van der Waals surface area (Å²) in [5, 5.41) is 3.39. The van der Waals surface area contributed by atoms with Gasteiger partial charge in [0.25, 0.3) is 0 Å². The number of hydrogen-bond acceptors (Lipinski definition) is 4. The average Bonchev–Trinajstić information content (AvgIpc) is 2.75. The standard InChI is InChI=1S/C20H31N5O2/c1-3-23(4-2)20(27)24-11-7-16(8-12-24)19(26)25-13-10-22-15-18(25)17-6-5-9-21-14-17/h5-6,9,14,16,18,22H,3-4,7-8,10-13,15H2,1-2H3. The third-order valence-corrected chi connectivity index (χ3v) is 5.74. The highest BCUT2D eigenvalue weighted by molar-refractivity contribution is 5.80. The average molecular weight is 374 g/mol. The van der Waals surface area contributed by atoms with E-state index in [0.717, 1.165) is 51.1 Å².